The highest BCUT2D eigenvalue weighted by atomic mass is 16.6. The minimum absolute atomic E-state index is 0.311. The van der Waals surface area contributed by atoms with Crippen molar-refractivity contribution in [1.82, 2.24) is 9.80 Å². The van der Waals surface area contributed by atoms with Gasteiger partial charge < -0.3 is 9.64 Å². The van der Waals surface area contributed by atoms with Gasteiger partial charge in [0.1, 0.15) is 6.73 Å². The van der Waals surface area contributed by atoms with Crippen molar-refractivity contribution in [3.63, 3.8) is 0 Å². The number of hydrogen-bond donors (Lipinski definition) is 0. The average molecular weight is 146 g/mol. The Kier molecular flexibility index (Phi) is 3.79. The second-order valence-electron chi connectivity index (χ2n) is 2.51. The van der Waals surface area contributed by atoms with Crippen molar-refractivity contribution < 1.29 is 9.53 Å². The summed E-state index contributed by atoms with van der Waals surface area (Å²) < 4.78 is 4.78. The zero-order valence-electron chi connectivity index (χ0n) is 6.92. The van der Waals surface area contributed by atoms with Crippen molar-refractivity contribution in [2.45, 2.75) is 0 Å². The van der Waals surface area contributed by atoms with E-state index in [1.807, 2.05) is 14.1 Å². The third-order valence-electron chi connectivity index (χ3n) is 0.811. The Morgan fingerprint density at radius 3 is 2.10 bits per heavy atom. The molecular formula is C6H14N2O2. The van der Waals surface area contributed by atoms with Crippen LogP contribution in [0.2, 0.25) is 0 Å². The Bertz CT molecular complexity index is 112. The van der Waals surface area contributed by atoms with Crippen LogP contribution in [0.4, 0.5) is 4.79 Å². The van der Waals surface area contributed by atoms with Crippen LogP contribution < -0.4 is 0 Å². The van der Waals surface area contributed by atoms with Gasteiger partial charge in [0, 0.05) is 14.1 Å². The van der Waals surface area contributed by atoms with Gasteiger partial charge >= 0.3 is 6.09 Å². The van der Waals surface area contributed by atoms with Crippen LogP contribution in [0.3, 0.4) is 0 Å². The number of carbonyl (C=O) groups is 1. The van der Waals surface area contributed by atoms with Gasteiger partial charge in [0.15, 0.2) is 0 Å². The summed E-state index contributed by atoms with van der Waals surface area (Å²) in [7, 11) is 6.97. The Labute approximate surface area is 61.4 Å². The number of nitrogens with zero attached hydrogens (tertiary/aromatic N) is 2. The zero-order chi connectivity index (χ0) is 8.15. The molecule has 0 rings (SSSR count). The summed E-state index contributed by atoms with van der Waals surface area (Å²) in [6, 6.07) is 0. The molecule has 60 valence electrons. The molecule has 0 atom stereocenters. The van der Waals surface area contributed by atoms with Crippen molar-refractivity contribution in [1.29, 1.82) is 0 Å². The lowest BCUT2D eigenvalue weighted by Gasteiger charge is -2.13. The highest BCUT2D eigenvalue weighted by Crippen LogP contribution is 1.85. The fourth-order valence-electron chi connectivity index (χ4n) is 0.313. The molecule has 0 bridgehead atoms. The molecule has 1 amide bonds. The van der Waals surface area contributed by atoms with Gasteiger partial charge in [0.05, 0.1) is 0 Å². The molecule has 0 aromatic carbocycles. The van der Waals surface area contributed by atoms with E-state index in [-0.39, 0.29) is 6.09 Å². The van der Waals surface area contributed by atoms with Gasteiger partial charge in [-0.1, -0.05) is 0 Å². The topological polar surface area (TPSA) is 32.8 Å². The van der Waals surface area contributed by atoms with Crippen molar-refractivity contribution in [2.75, 3.05) is 34.9 Å². The molecule has 0 N–H and O–H groups in total. The van der Waals surface area contributed by atoms with E-state index in [9.17, 15) is 4.79 Å². The van der Waals surface area contributed by atoms with Crippen LogP contribution in [0.5, 0.6) is 0 Å². The molecular weight excluding hydrogens is 132 g/mol. The fraction of sp³-hybridized carbons (Fsp3) is 0.833. The van der Waals surface area contributed by atoms with Crippen LogP contribution >= 0.6 is 0 Å². The smallest absolute Gasteiger partial charge is 0.410 e. The van der Waals surface area contributed by atoms with E-state index in [0.29, 0.717) is 6.73 Å². The second-order valence-corrected chi connectivity index (χ2v) is 2.51. The number of hydrogen-bond acceptors (Lipinski definition) is 3. The van der Waals surface area contributed by atoms with E-state index < -0.39 is 0 Å². The van der Waals surface area contributed by atoms with E-state index in [0.717, 1.165) is 0 Å². The predicted molar refractivity (Wildman–Crippen MR) is 38.7 cm³/mol. The lowest BCUT2D eigenvalue weighted by molar-refractivity contribution is 0.0745. The van der Waals surface area contributed by atoms with Crippen LogP contribution in [0.15, 0.2) is 0 Å². The highest BCUT2D eigenvalue weighted by molar-refractivity contribution is 5.66. The third-order valence-corrected chi connectivity index (χ3v) is 0.811. The molecule has 4 nitrogen and oxygen atoms in total. The molecule has 0 heterocycles. The Balaban J connectivity index is 3.40. The molecule has 0 unspecified atom stereocenters. The van der Waals surface area contributed by atoms with Crippen LogP contribution in [0.25, 0.3) is 0 Å². The molecule has 0 aliphatic heterocycles. The summed E-state index contributed by atoms with van der Waals surface area (Å²) in [5.74, 6) is 0. The van der Waals surface area contributed by atoms with Crippen molar-refractivity contribution >= 4 is 6.09 Å². The van der Waals surface area contributed by atoms with Crippen LogP contribution in [0.1, 0.15) is 0 Å². The molecule has 10 heavy (non-hydrogen) atoms. The standard InChI is InChI=1S/C6H14N2O2/c1-7(2)5-10-6(9)8(3)4/h5H2,1-4H3. The van der Waals surface area contributed by atoms with E-state index in [2.05, 4.69) is 0 Å². The highest BCUT2D eigenvalue weighted by Gasteiger charge is 2.03. The summed E-state index contributed by atoms with van der Waals surface area (Å²) in [5, 5.41) is 0. The van der Waals surface area contributed by atoms with E-state index in [1.54, 1.807) is 19.0 Å². The van der Waals surface area contributed by atoms with Crippen LogP contribution in [-0.2, 0) is 4.74 Å². The normalized spacial score (nSPS) is 9.70. The lowest BCUT2D eigenvalue weighted by Crippen LogP contribution is -2.27. The summed E-state index contributed by atoms with van der Waals surface area (Å²) in [5.41, 5.74) is 0. The lowest BCUT2D eigenvalue weighted by atomic mass is 10.9. The fourth-order valence-corrected chi connectivity index (χ4v) is 0.313. The van der Waals surface area contributed by atoms with Gasteiger partial charge in [-0.3, -0.25) is 4.90 Å². The summed E-state index contributed by atoms with van der Waals surface area (Å²) >= 11 is 0. The van der Waals surface area contributed by atoms with E-state index in [1.165, 1.54) is 4.90 Å². The van der Waals surface area contributed by atoms with Gasteiger partial charge in [-0.05, 0) is 14.1 Å². The summed E-state index contributed by atoms with van der Waals surface area (Å²) in [6.07, 6.45) is -0.311. The monoisotopic (exact) mass is 146 g/mol. The van der Waals surface area contributed by atoms with Crippen LogP contribution in [0, 0.1) is 0 Å². The largest absolute Gasteiger partial charge is 0.433 e. The van der Waals surface area contributed by atoms with Gasteiger partial charge in [0.2, 0.25) is 0 Å². The maximum atomic E-state index is 10.7. The number of ether oxygens (including phenoxy) is 1. The van der Waals surface area contributed by atoms with Crippen molar-refractivity contribution in [3.8, 4) is 0 Å². The molecule has 0 spiro atoms. The Morgan fingerprint density at radius 2 is 1.80 bits per heavy atom. The molecule has 0 fully saturated rings. The van der Waals surface area contributed by atoms with Gasteiger partial charge in [-0.2, -0.15) is 0 Å². The zero-order valence-corrected chi connectivity index (χ0v) is 6.92. The molecule has 0 radical (unpaired) electrons. The van der Waals surface area contributed by atoms with Gasteiger partial charge in [0.25, 0.3) is 0 Å². The van der Waals surface area contributed by atoms with Crippen LogP contribution in [-0.4, -0.2) is 50.8 Å². The molecule has 0 aliphatic rings. The minimum atomic E-state index is -0.311. The average Bonchev–Trinajstić information content (AvgIpc) is 1.82. The Morgan fingerprint density at radius 1 is 1.30 bits per heavy atom. The summed E-state index contributed by atoms with van der Waals surface area (Å²) in [6.45, 7) is 0.330. The molecule has 0 aromatic heterocycles. The predicted octanol–water partition coefficient (Wildman–Crippen LogP) is 0.204. The minimum Gasteiger partial charge on any atom is -0.433 e. The molecule has 0 saturated heterocycles. The van der Waals surface area contributed by atoms with E-state index >= 15 is 0 Å². The molecule has 4 heteroatoms. The SMILES string of the molecule is CN(C)COC(=O)N(C)C. The van der Waals surface area contributed by atoms with E-state index in [4.69, 9.17) is 4.74 Å². The first kappa shape index (κ1) is 9.23. The quantitative estimate of drug-likeness (QED) is 0.522. The first-order chi connectivity index (χ1) is 4.54. The molecule has 0 saturated carbocycles. The number of carbonyl (C=O) groups excluding carboxylic acids is 1. The maximum absolute atomic E-state index is 10.7. The first-order valence-electron chi connectivity index (χ1n) is 3.03. The second kappa shape index (κ2) is 4.11. The summed E-state index contributed by atoms with van der Waals surface area (Å²) in [4.78, 5) is 13.9. The third kappa shape index (κ3) is 4.14. The van der Waals surface area contributed by atoms with Crippen molar-refractivity contribution in [2.24, 2.45) is 0 Å². The first-order valence-corrected chi connectivity index (χ1v) is 3.03. The van der Waals surface area contributed by atoms with Gasteiger partial charge in [-0.15, -0.1) is 0 Å². The molecule has 0 aromatic rings. The molecule has 0 aliphatic carbocycles. The number of amides is 1. The Hall–Kier alpha value is -0.770. The van der Waals surface area contributed by atoms with Crippen molar-refractivity contribution in [3.05, 3.63) is 0 Å². The maximum Gasteiger partial charge on any atom is 0.410 e. The number of rotatable bonds is 2. The van der Waals surface area contributed by atoms with Gasteiger partial charge in [-0.25, -0.2) is 4.79 Å².